The van der Waals surface area contributed by atoms with Crippen LogP contribution in [0.2, 0.25) is 5.02 Å². The van der Waals surface area contributed by atoms with Crippen molar-refractivity contribution < 1.29 is 18.0 Å². The normalized spacial score (nSPS) is 11.3. The maximum absolute atomic E-state index is 12.6. The van der Waals surface area contributed by atoms with Gasteiger partial charge in [0.1, 0.15) is 6.33 Å². The van der Waals surface area contributed by atoms with Crippen molar-refractivity contribution in [3.8, 4) is 0 Å². The molecule has 0 unspecified atom stereocenters. The van der Waals surface area contributed by atoms with E-state index >= 15 is 0 Å². The summed E-state index contributed by atoms with van der Waals surface area (Å²) in [5, 5.41) is 2.33. The van der Waals surface area contributed by atoms with Gasteiger partial charge in [-0.05, 0) is 25.1 Å². The maximum Gasteiger partial charge on any atom is 0.416 e. The van der Waals surface area contributed by atoms with E-state index in [1.165, 1.54) is 12.5 Å². The van der Waals surface area contributed by atoms with E-state index in [9.17, 15) is 18.0 Å². The molecule has 0 aliphatic heterocycles. The van der Waals surface area contributed by atoms with Crippen LogP contribution in [0.5, 0.6) is 0 Å². The average molecular weight is 316 g/mol. The van der Waals surface area contributed by atoms with Crippen LogP contribution in [0, 0.1) is 6.92 Å². The number of benzene rings is 1. The molecule has 110 valence electrons. The van der Waals surface area contributed by atoms with Gasteiger partial charge in [0.2, 0.25) is 0 Å². The summed E-state index contributed by atoms with van der Waals surface area (Å²) in [6.07, 6.45) is -1.97. The number of nitrogens with one attached hydrogen (secondary N) is 1. The van der Waals surface area contributed by atoms with Crippen LogP contribution < -0.4 is 5.32 Å². The minimum absolute atomic E-state index is 0.00542. The molecule has 0 saturated carbocycles. The number of rotatable bonds is 2. The number of amides is 1. The Balaban J connectivity index is 2.31. The number of anilines is 1. The molecule has 1 heterocycles. The van der Waals surface area contributed by atoms with Crippen molar-refractivity contribution in [2.75, 3.05) is 5.32 Å². The fourth-order valence-electron chi connectivity index (χ4n) is 1.60. The van der Waals surface area contributed by atoms with Gasteiger partial charge in [-0.25, -0.2) is 9.97 Å². The zero-order valence-corrected chi connectivity index (χ0v) is 11.5. The summed E-state index contributed by atoms with van der Waals surface area (Å²) >= 11 is 5.80. The first-order valence-electron chi connectivity index (χ1n) is 5.73. The molecule has 0 saturated heterocycles. The number of carbonyl (C=O) groups is 1. The Labute approximate surface area is 123 Å². The predicted molar refractivity (Wildman–Crippen MR) is 71.2 cm³/mol. The molecule has 21 heavy (non-hydrogen) atoms. The van der Waals surface area contributed by atoms with Crippen molar-refractivity contribution in [2.24, 2.45) is 0 Å². The third-order valence-electron chi connectivity index (χ3n) is 2.70. The lowest BCUT2D eigenvalue weighted by molar-refractivity contribution is -0.137. The molecular formula is C13H9ClF3N3O. The smallest absolute Gasteiger partial charge is 0.321 e. The molecule has 0 bridgehead atoms. The number of aromatic nitrogens is 2. The first kappa shape index (κ1) is 15.2. The SMILES string of the molecule is Cc1ncncc1C(=O)Nc1cc(C(F)(F)F)ccc1Cl. The quantitative estimate of drug-likeness (QED) is 0.919. The van der Waals surface area contributed by atoms with Crippen LogP contribution in [0.1, 0.15) is 21.6 Å². The van der Waals surface area contributed by atoms with Gasteiger partial charge in [0, 0.05) is 6.20 Å². The highest BCUT2D eigenvalue weighted by Gasteiger charge is 2.31. The molecule has 0 radical (unpaired) electrons. The first-order valence-corrected chi connectivity index (χ1v) is 6.11. The summed E-state index contributed by atoms with van der Waals surface area (Å²) in [6.45, 7) is 1.59. The van der Waals surface area contributed by atoms with E-state index in [0.29, 0.717) is 5.69 Å². The summed E-state index contributed by atoms with van der Waals surface area (Å²) in [5.74, 6) is -0.630. The van der Waals surface area contributed by atoms with Crippen molar-refractivity contribution in [3.05, 3.63) is 52.6 Å². The molecule has 4 nitrogen and oxygen atoms in total. The molecule has 0 spiro atoms. The van der Waals surface area contributed by atoms with Crippen LogP contribution in [0.3, 0.4) is 0 Å². The van der Waals surface area contributed by atoms with Crippen molar-refractivity contribution in [1.82, 2.24) is 9.97 Å². The Morgan fingerprint density at radius 2 is 2.05 bits per heavy atom. The summed E-state index contributed by atoms with van der Waals surface area (Å²) in [5.41, 5.74) is -0.459. The van der Waals surface area contributed by atoms with Crippen LogP contribution in [0.15, 0.2) is 30.7 Å². The molecule has 1 aromatic carbocycles. The van der Waals surface area contributed by atoms with Crippen LogP contribution in [0.25, 0.3) is 0 Å². The van der Waals surface area contributed by atoms with E-state index < -0.39 is 17.6 Å². The van der Waals surface area contributed by atoms with Gasteiger partial charge in [0.15, 0.2) is 0 Å². The molecule has 0 aliphatic rings. The monoisotopic (exact) mass is 315 g/mol. The van der Waals surface area contributed by atoms with Crippen LogP contribution in [-0.4, -0.2) is 15.9 Å². The Kier molecular flexibility index (Phi) is 4.13. The Morgan fingerprint density at radius 1 is 1.33 bits per heavy atom. The van der Waals surface area contributed by atoms with Gasteiger partial charge in [-0.3, -0.25) is 4.79 Å². The highest BCUT2D eigenvalue weighted by atomic mass is 35.5. The zero-order valence-electron chi connectivity index (χ0n) is 10.7. The topological polar surface area (TPSA) is 54.9 Å². The molecule has 0 atom stereocenters. The third-order valence-corrected chi connectivity index (χ3v) is 3.03. The second-order valence-corrected chi connectivity index (χ2v) is 4.58. The van der Waals surface area contributed by atoms with Gasteiger partial charge >= 0.3 is 6.18 Å². The molecule has 0 fully saturated rings. The highest BCUT2D eigenvalue weighted by molar-refractivity contribution is 6.34. The lowest BCUT2D eigenvalue weighted by Crippen LogP contribution is -2.15. The highest BCUT2D eigenvalue weighted by Crippen LogP contribution is 2.33. The van der Waals surface area contributed by atoms with Crippen LogP contribution >= 0.6 is 11.6 Å². The number of hydrogen-bond acceptors (Lipinski definition) is 3. The zero-order chi connectivity index (χ0) is 15.6. The molecule has 2 rings (SSSR count). The Bertz CT molecular complexity index is 689. The van der Waals surface area contributed by atoms with E-state index in [2.05, 4.69) is 15.3 Å². The minimum Gasteiger partial charge on any atom is -0.321 e. The van der Waals surface area contributed by atoms with Gasteiger partial charge in [-0.15, -0.1) is 0 Å². The maximum atomic E-state index is 12.6. The van der Waals surface area contributed by atoms with E-state index in [1.807, 2.05) is 0 Å². The molecular weight excluding hydrogens is 307 g/mol. The largest absolute Gasteiger partial charge is 0.416 e. The van der Waals surface area contributed by atoms with E-state index in [1.54, 1.807) is 6.92 Å². The molecule has 0 aliphatic carbocycles. The average Bonchev–Trinajstić information content (AvgIpc) is 2.40. The second kappa shape index (κ2) is 5.69. The van der Waals surface area contributed by atoms with Gasteiger partial charge in [0.25, 0.3) is 5.91 Å². The van der Waals surface area contributed by atoms with Gasteiger partial charge in [-0.1, -0.05) is 11.6 Å². The number of alkyl halides is 3. The Hall–Kier alpha value is -2.15. The summed E-state index contributed by atoms with van der Waals surface area (Å²) in [6, 6.07) is 2.70. The fraction of sp³-hybridized carbons (Fsp3) is 0.154. The summed E-state index contributed by atoms with van der Waals surface area (Å²) < 4.78 is 37.9. The Morgan fingerprint density at radius 3 is 2.67 bits per heavy atom. The van der Waals surface area contributed by atoms with E-state index in [-0.39, 0.29) is 16.3 Å². The molecule has 2 aromatic rings. The number of nitrogens with zero attached hydrogens (tertiary/aromatic N) is 2. The van der Waals surface area contributed by atoms with Crippen molar-refractivity contribution in [1.29, 1.82) is 0 Å². The summed E-state index contributed by atoms with van der Waals surface area (Å²) in [7, 11) is 0. The van der Waals surface area contributed by atoms with Crippen molar-refractivity contribution >= 4 is 23.2 Å². The van der Waals surface area contributed by atoms with E-state index in [4.69, 9.17) is 11.6 Å². The molecule has 1 N–H and O–H groups in total. The van der Waals surface area contributed by atoms with Gasteiger partial charge in [-0.2, -0.15) is 13.2 Å². The minimum atomic E-state index is -4.52. The lowest BCUT2D eigenvalue weighted by Gasteiger charge is -2.12. The summed E-state index contributed by atoms with van der Waals surface area (Å²) in [4.78, 5) is 19.6. The molecule has 1 aromatic heterocycles. The van der Waals surface area contributed by atoms with Crippen molar-refractivity contribution in [2.45, 2.75) is 13.1 Å². The van der Waals surface area contributed by atoms with Crippen molar-refractivity contribution in [3.63, 3.8) is 0 Å². The standard InChI is InChI=1S/C13H9ClF3N3O/c1-7-9(5-18-6-19-7)12(21)20-11-4-8(13(15,16)17)2-3-10(11)14/h2-6H,1H3,(H,20,21). The van der Waals surface area contributed by atoms with Crippen LogP contribution in [0.4, 0.5) is 18.9 Å². The van der Waals surface area contributed by atoms with E-state index in [0.717, 1.165) is 18.2 Å². The molecule has 1 amide bonds. The van der Waals surface area contributed by atoms with Gasteiger partial charge < -0.3 is 5.32 Å². The first-order chi connectivity index (χ1) is 9.79. The number of halogens is 4. The lowest BCUT2D eigenvalue weighted by atomic mass is 10.1. The predicted octanol–water partition coefficient (Wildman–Crippen LogP) is 3.71. The fourth-order valence-corrected chi connectivity index (χ4v) is 1.77. The van der Waals surface area contributed by atoms with Gasteiger partial charge in [0.05, 0.1) is 27.5 Å². The number of carbonyl (C=O) groups excluding carboxylic acids is 1. The van der Waals surface area contributed by atoms with Crippen LogP contribution in [-0.2, 0) is 6.18 Å². The molecule has 8 heteroatoms. The number of hydrogen-bond donors (Lipinski definition) is 1. The second-order valence-electron chi connectivity index (χ2n) is 4.17. The number of aryl methyl sites for hydroxylation is 1. The third kappa shape index (κ3) is 3.49.